The molecule has 38 heteroatoms. The molecule has 0 saturated carbocycles. The molecule has 11 aromatic rings. The van der Waals surface area contributed by atoms with E-state index in [1.54, 1.807) is 37.3 Å². The zero-order chi connectivity index (χ0) is 72.9. The largest absolute Gasteiger partial charge is 0.478 e. The number of benzene rings is 5. The normalized spacial score (nSPS) is 10.2. The number of nitrogens with zero attached hydrogens (tertiary/aromatic N) is 18. The lowest BCUT2D eigenvalue weighted by atomic mass is 10.1. The molecular weight excluding hydrogens is 1310 g/mol. The molecule has 6 aromatic heterocycles. The Kier molecular flexibility index (Phi) is 21.3. The minimum atomic E-state index is -4.29. The third-order valence-electron chi connectivity index (χ3n) is 13.7. The van der Waals surface area contributed by atoms with E-state index >= 15 is 0 Å². The SMILES string of the molecule is Cc1c(C(=O)O)cccc1-n1ncc(C#N)c1N.Cc1ccc(C(=O)O)cc1-n1ncc(C#N)c1N.N#Cc1cnn(-c2cc(C(=O)O)cc(-n3ncc(C#N)c3N)c2)c1N.N#Cc1cnn(-c2ccc(C(=O)O)c(C(=O)O)c2)c1N.N#Cc1cnn(-c2cccc(S(=O)(=O)O)c2)c1N. The van der Waals surface area contributed by atoms with E-state index in [1.807, 2.05) is 43.3 Å². The monoisotopic (exact) mass is 1350 g/mol. The van der Waals surface area contributed by atoms with E-state index in [-0.39, 0.29) is 107 Å². The second-order valence-corrected chi connectivity index (χ2v) is 21.1. The zero-order valence-corrected chi connectivity index (χ0v) is 51.5. The molecule has 0 bridgehead atoms. The molecule has 18 N–H and O–H groups in total. The van der Waals surface area contributed by atoms with E-state index in [4.69, 9.17) is 91.0 Å². The Morgan fingerprint density at radius 3 is 1.11 bits per heavy atom. The smallest absolute Gasteiger partial charge is 0.336 e. The first-order valence-electron chi connectivity index (χ1n) is 27.1. The summed E-state index contributed by atoms with van der Waals surface area (Å²) in [4.78, 5) is 55.1. The van der Waals surface area contributed by atoms with Crippen molar-refractivity contribution in [1.82, 2.24) is 58.7 Å². The summed E-state index contributed by atoms with van der Waals surface area (Å²) in [6.07, 6.45) is 7.76. The van der Waals surface area contributed by atoms with Crippen molar-refractivity contribution in [3.8, 4) is 70.5 Å². The Morgan fingerprint density at radius 1 is 0.374 bits per heavy atom. The van der Waals surface area contributed by atoms with Crippen molar-refractivity contribution in [3.05, 3.63) is 207 Å². The molecule has 6 heterocycles. The van der Waals surface area contributed by atoms with E-state index < -0.39 is 40.0 Å². The summed E-state index contributed by atoms with van der Waals surface area (Å²) in [5, 5.41) is 122. The van der Waals surface area contributed by atoms with Crippen molar-refractivity contribution in [3.63, 3.8) is 0 Å². The van der Waals surface area contributed by atoms with Gasteiger partial charge in [0.2, 0.25) is 0 Å². The van der Waals surface area contributed by atoms with Crippen LogP contribution in [0.15, 0.2) is 139 Å². The summed E-state index contributed by atoms with van der Waals surface area (Å²) >= 11 is 0. The van der Waals surface area contributed by atoms with Crippen LogP contribution in [0.4, 0.5) is 34.9 Å². The Morgan fingerprint density at radius 2 is 0.737 bits per heavy atom. The number of nitriles is 6. The van der Waals surface area contributed by atoms with Crippen LogP contribution in [0.2, 0.25) is 0 Å². The molecule has 0 amide bonds. The van der Waals surface area contributed by atoms with E-state index in [0.29, 0.717) is 34.0 Å². The lowest BCUT2D eigenvalue weighted by Gasteiger charge is -2.10. The summed E-state index contributed by atoms with van der Waals surface area (Å²) in [5.74, 6) is -5.26. The highest BCUT2D eigenvalue weighted by atomic mass is 32.2. The molecule has 0 spiro atoms. The maximum Gasteiger partial charge on any atom is 0.336 e. The second kappa shape index (κ2) is 29.8. The number of nitrogen functional groups attached to an aromatic ring is 6. The maximum atomic E-state index is 11.4. The summed E-state index contributed by atoms with van der Waals surface area (Å²) in [5.41, 5.74) is 39.0. The van der Waals surface area contributed by atoms with Gasteiger partial charge < -0.3 is 59.9 Å². The van der Waals surface area contributed by atoms with Gasteiger partial charge in [0.15, 0.2) is 0 Å². The molecule has 0 aliphatic rings. The van der Waals surface area contributed by atoms with Crippen molar-refractivity contribution in [1.29, 1.82) is 31.6 Å². The van der Waals surface area contributed by atoms with Gasteiger partial charge in [0, 0.05) is 0 Å². The number of aryl methyl sites for hydroxylation is 1. The van der Waals surface area contributed by atoms with Gasteiger partial charge in [-0.2, -0.15) is 70.6 Å². The first-order valence-corrected chi connectivity index (χ1v) is 28.6. The second-order valence-electron chi connectivity index (χ2n) is 19.7. The topological polar surface area (TPSA) is 647 Å². The quantitative estimate of drug-likeness (QED) is 0.0742. The number of nitrogens with two attached hydrogens (primary N) is 6. The Hall–Kier alpha value is -15.6. The van der Waals surface area contributed by atoms with Crippen molar-refractivity contribution >= 4 is 74.9 Å². The number of hydrogen-bond acceptors (Lipinski definition) is 25. The maximum absolute atomic E-state index is 11.4. The van der Waals surface area contributed by atoms with Crippen LogP contribution in [0.1, 0.15) is 96.3 Å². The van der Waals surface area contributed by atoms with Crippen molar-refractivity contribution < 1.29 is 62.5 Å². The van der Waals surface area contributed by atoms with Crippen molar-refractivity contribution in [2.45, 2.75) is 18.7 Å². The third kappa shape index (κ3) is 15.3. The molecule has 0 atom stereocenters. The number of aromatic nitrogens is 12. The van der Waals surface area contributed by atoms with Gasteiger partial charge in [0.05, 0.1) is 104 Å². The van der Waals surface area contributed by atoms with Gasteiger partial charge in [0.1, 0.15) is 105 Å². The van der Waals surface area contributed by atoms with Crippen LogP contribution in [-0.4, -0.2) is 127 Å². The molecule has 0 aliphatic heterocycles. The molecule has 11 rings (SSSR count). The molecule has 0 fully saturated rings. The highest BCUT2D eigenvalue weighted by Gasteiger charge is 2.22. The van der Waals surface area contributed by atoms with Crippen molar-refractivity contribution in [2.24, 2.45) is 0 Å². The number of rotatable bonds is 12. The minimum absolute atomic E-state index is 0.0481. The van der Waals surface area contributed by atoms with Gasteiger partial charge in [-0.05, 0) is 104 Å². The van der Waals surface area contributed by atoms with Crippen LogP contribution in [0.25, 0.3) is 34.1 Å². The first-order chi connectivity index (χ1) is 46.9. The number of hydrogen-bond donors (Lipinski definition) is 12. The highest BCUT2D eigenvalue weighted by Crippen LogP contribution is 2.27. The number of carboxylic acid groups (broad SMARTS) is 5. The molecule has 0 unspecified atom stereocenters. The molecule has 37 nitrogen and oxygen atoms in total. The number of anilines is 6. The van der Waals surface area contributed by atoms with Gasteiger partial charge >= 0.3 is 29.8 Å². The minimum Gasteiger partial charge on any atom is -0.478 e. The summed E-state index contributed by atoms with van der Waals surface area (Å²) in [7, 11) is -4.29. The van der Waals surface area contributed by atoms with Crippen LogP contribution < -0.4 is 34.4 Å². The molecule has 0 radical (unpaired) electrons. The summed E-state index contributed by atoms with van der Waals surface area (Å²) in [6, 6.07) is 34.1. The van der Waals surface area contributed by atoms with Crippen LogP contribution >= 0.6 is 0 Å². The van der Waals surface area contributed by atoms with Gasteiger partial charge in [0.25, 0.3) is 10.1 Å². The van der Waals surface area contributed by atoms with Crippen LogP contribution in [0, 0.1) is 81.8 Å². The van der Waals surface area contributed by atoms with Gasteiger partial charge in [-0.1, -0.05) is 18.2 Å². The fourth-order valence-corrected chi connectivity index (χ4v) is 9.21. The average molecular weight is 1360 g/mol. The molecule has 5 aromatic carbocycles. The molecular formula is C61H46N24O13S. The van der Waals surface area contributed by atoms with Gasteiger partial charge in [-0.15, -0.1) is 0 Å². The fourth-order valence-electron chi connectivity index (χ4n) is 8.69. The number of carboxylic acids is 5. The van der Waals surface area contributed by atoms with Crippen molar-refractivity contribution in [2.75, 3.05) is 34.4 Å². The molecule has 0 aliphatic carbocycles. The van der Waals surface area contributed by atoms with E-state index in [0.717, 1.165) is 22.4 Å². The predicted molar refractivity (Wildman–Crippen MR) is 344 cm³/mol. The average Bonchev–Trinajstić information content (AvgIpc) is 1.77. The lowest BCUT2D eigenvalue weighted by molar-refractivity contribution is 0.0651. The number of aromatic carboxylic acids is 5. The molecule has 494 valence electrons. The fraction of sp³-hybridized carbons (Fsp3) is 0.0328. The van der Waals surface area contributed by atoms with Crippen LogP contribution in [-0.2, 0) is 10.1 Å². The van der Waals surface area contributed by atoms with E-state index in [1.165, 1.54) is 115 Å². The molecule has 99 heavy (non-hydrogen) atoms. The Labute approximate surface area is 555 Å². The molecule has 0 saturated heterocycles. The Balaban J connectivity index is 0.000000175. The first kappa shape index (κ1) is 70.8. The van der Waals surface area contributed by atoms with E-state index in [2.05, 4.69) is 30.6 Å². The summed E-state index contributed by atoms with van der Waals surface area (Å²) < 4.78 is 38.5. The van der Waals surface area contributed by atoms with E-state index in [9.17, 15) is 37.5 Å². The van der Waals surface area contributed by atoms with Gasteiger partial charge in [-0.3, -0.25) is 4.55 Å². The standard InChI is InChI=1S/C15H10N8O2.C12H8N4O4.2C12H10N4O2.C10H8N4O3S/c16-4-9-6-20-22(13(9)18)11-1-8(15(24)25)2-12(3-11)23-14(19)10(5-17)7-21-23;13-4-6-5-15-16(10(6)14)7-1-2-8(11(17)18)9(3-7)12(19)20;1-7-2-3-8(12(17)18)4-10(7)16-11(14)9(5-13)6-15-16;1-7-9(12(17)18)3-2-4-10(7)16-11(14)8(5-13)6-15-16;11-5-7-6-13-14(10(7)12)8-2-1-3-9(4-8)18(15,16)17/h1-3,6-7H,18-19H2,(H,24,25);1-3,5H,14H2,(H,17,18)(H,19,20);2*2-4,6H,14H2,1H3,(H,17,18);1-4,6H,12H2,(H,15,16,17). The Bertz CT molecular complexity index is 5330. The number of carbonyl (C=O) groups is 5. The predicted octanol–water partition coefficient (Wildman–Crippen LogP) is 4.63. The lowest BCUT2D eigenvalue weighted by Crippen LogP contribution is -2.10. The summed E-state index contributed by atoms with van der Waals surface area (Å²) in [6.45, 7) is 3.49. The van der Waals surface area contributed by atoms with Crippen LogP contribution in [0.3, 0.4) is 0 Å². The third-order valence-corrected chi connectivity index (χ3v) is 14.6. The van der Waals surface area contributed by atoms with Crippen LogP contribution in [0.5, 0.6) is 0 Å². The zero-order valence-electron chi connectivity index (χ0n) is 50.7. The van der Waals surface area contributed by atoms with Gasteiger partial charge in [-0.25, -0.2) is 52.1 Å². The highest BCUT2D eigenvalue weighted by molar-refractivity contribution is 7.85.